The molecule has 8 heteroatoms. The van der Waals surface area contributed by atoms with Crippen LogP contribution in [0.3, 0.4) is 0 Å². The number of nitrogens with one attached hydrogen (secondary N) is 1. The highest BCUT2D eigenvalue weighted by molar-refractivity contribution is 7.09. The number of hydrogen-bond acceptors (Lipinski definition) is 6. The zero-order valence-corrected chi connectivity index (χ0v) is 22.7. The van der Waals surface area contributed by atoms with E-state index in [2.05, 4.69) is 16.8 Å². The molecule has 4 rings (SSSR count). The first-order valence-electron chi connectivity index (χ1n) is 12.3. The summed E-state index contributed by atoms with van der Waals surface area (Å²) < 4.78 is 18.6. The standard InChI is InChI=1S/C29H33N3O4S/c1-6-19(2)30-29(33)25-15-27(32(20(25)3)16-21-7-9-22(34-4)10-8-21)26-18-37-28(31-26)17-36-24-13-11-23(35-5)12-14-24/h7-15,18-19H,6,16-17H2,1-5H3,(H,30,33). The highest BCUT2D eigenvalue weighted by Gasteiger charge is 2.21. The van der Waals surface area contributed by atoms with Crippen LogP contribution in [0.2, 0.25) is 0 Å². The second kappa shape index (κ2) is 12.0. The number of hydrogen-bond donors (Lipinski definition) is 1. The van der Waals surface area contributed by atoms with Crippen LogP contribution < -0.4 is 19.5 Å². The van der Waals surface area contributed by atoms with E-state index in [0.29, 0.717) is 18.7 Å². The number of rotatable bonds is 11. The molecular weight excluding hydrogens is 486 g/mol. The van der Waals surface area contributed by atoms with Crippen LogP contribution in [0.1, 0.15) is 46.9 Å². The molecule has 0 spiro atoms. The molecule has 0 radical (unpaired) electrons. The number of carbonyl (C=O) groups is 1. The number of aromatic nitrogens is 2. The number of carbonyl (C=O) groups excluding carboxylic acids is 1. The summed E-state index contributed by atoms with van der Waals surface area (Å²) in [6.07, 6.45) is 0.869. The summed E-state index contributed by atoms with van der Waals surface area (Å²) in [6.45, 7) is 7.02. The molecule has 1 atom stereocenters. The summed E-state index contributed by atoms with van der Waals surface area (Å²) in [5.41, 5.74) is 4.38. The molecule has 7 nitrogen and oxygen atoms in total. The van der Waals surface area contributed by atoms with Crippen molar-refractivity contribution in [2.24, 2.45) is 0 Å². The maximum absolute atomic E-state index is 13.1. The van der Waals surface area contributed by atoms with Crippen LogP contribution >= 0.6 is 11.3 Å². The van der Waals surface area contributed by atoms with E-state index in [1.165, 1.54) is 11.3 Å². The molecule has 4 aromatic rings. The molecule has 0 bridgehead atoms. The van der Waals surface area contributed by atoms with Crippen molar-refractivity contribution in [2.45, 2.75) is 46.4 Å². The van der Waals surface area contributed by atoms with Crippen molar-refractivity contribution in [2.75, 3.05) is 14.2 Å². The second-order valence-electron chi connectivity index (χ2n) is 8.84. The van der Waals surface area contributed by atoms with Gasteiger partial charge in [-0.1, -0.05) is 19.1 Å². The minimum atomic E-state index is -0.0696. The van der Waals surface area contributed by atoms with E-state index >= 15 is 0 Å². The van der Waals surface area contributed by atoms with E-state index in [-0.39, 0.29) is 11.9 Å². The smallest absolute Gasteiger partial charge is 0.253 e. The van der Waals surface area contributed by atoms with Gasteiger partial charge in [0.25, 0.3) is 5.91 Å². The molecule has 0 aliphatic rings. The zero-order chi connectivity index (χ0) is 26.4. The summed E-state index contributed by atoms with van der Waals surface area (Å²) in [5, 5.41) is 5.96. The van der Waals surface area contributed by atoms with Gasteiger partial charge in [0.2, 0.25) is 0 Å². The molecule has 0 aliphatic carbocycles. The Hall–Kier alpha value is -3.78. The minimum absolute atomic E-state index is 0.0696. The summed E-state index contributed by atoms with van der Waals surface area (Å²) in [7, 11) is 3.29. The zero-order valence-electron chi connectivity index (χ0n) is 21.9. The Morgan fingerprint density at radius 1 is 1.03 bits per heavy atom. The van der Waals surface area contributed by atoms with Crippen LogP contribution in [0.5, 0.6) is 17.2 Å². The molecule has 1 N–H and O–H groups in total. The lowest BCUT2D eigenvalue weighted by Crippen LogP contribution is -2.32. The maximum Gasteiger partial charge on any atom is 0.253 e. The van der Waals surface area contributed by atoms with Crippen LogP contribution in [-0.4, -0.2) is 35.7 Å². The predicted octanol–water partition coefficient (Wildman–Crippen LogP) is 6.09. The first-order chi connectivity index (χ1) is 17.9. The number of methoxy groups -OCH3 is 2. The fraction of sp³-hybridized carbons (Fsp3) is 0.310. The summed E-state index contributed by atoms with van der Waals surface area (Å²) in [4.78, 5) is 17.9. The Morgan fingerprint density at radius 2 is 1.65 bits per heavy atom. The van der Waals surface area contributed by atoms with Gasteiger partial charge in [0, 0.05) is 23.7 Å². The lowest BCUT2D eigenvalue weighted by atomic mass is 10.2. The minimum Gasteiger partial charge on any atom is -0.497 e. The molecule has 194 valence electrons. The number of ether oxygens (including phenoxy) is 3. The second-order valence-corrected chi connectivity index (χ2v) is 9.78. The van der Waals surface area contributed by atoms with Crippen LogP contribution in [0, 0.1) is 6.92 Å². The average molecular weight is 520 g/mol. The predicted molar refractivity (Wildman–Crippen MR) is 147 cm³/mol. The number of nitrogens with zero attached hydrogens (tertiary/aromatic N) is 2. The van der Waals surface area contributed by atoms with Crippen LogP contribution in [0.15, 0.2) is 60.0 Å². The largest absolute Gasteiger partial charge is 0.497 e. The van der Waals surface area contributed by atoms with Gasteiger partial charge >= 0.3 is 0 Å². The van der Waals surface area contributed by atoms with Crippen molar-refractivity contribution in [3.63, 3.8) is 0 Å². The third-order valence-electron chi connectivity index (χ3n) is 6.34. The van der Waals surface area contributed by atoms with E-state index in [1.807, 2.05) is 73.8 Å². The lowest BCUT2D eigenvalue weighted by Gasteiger charge is -2.13. The highest BCUT2D eigenvalue weighted by atomic mass is 32.1. The van der Waals surface area contributed by atoms with Crippen molar-refractivity contribution >= 4 is 17.2 Å². The van der Waals surface area contributed by atoms with Crippen molar-refractivity contribution in [1.29, 1.82) is 0 Å². The molecule has 2 heterocycles. The molecular formula is C29H33N3O4S. The highest BCUT2D eigenvalue weighted by Crippen LogP contribution is 2.29. The Balaban J connectivity index is 1.61. The number of amides is 1. The van der Waals surface area contributed by atoms with Gasteiger partial charge < -0.3 is 24.1 Å². The molecule has 1 amide bonds. The molecule has 0 fully saturated rings. The monoisotopic (exact) mass is 519 g/mol. The summed E-state index contributed by atoms with van der Waals surface area (Å²) in [6, 6.07) is 17.5. The van der Waals surface area contributed by atoms with Gasteiger partial charge in [-0.05, 0) is 68.3 Å². The summed E-state index contributed by atoms with van der Waals surface area (Å²) in [5.74, 6) is 2.27. The van der Waals surface area contributed by atoms with E-state index in [4.69, 9.17) is 19.2 Å². The Labute approximate surface area is 222 Å². The van der Waals surface area contributed by atoms with E-state index < -0.39 is 0 Å². The Morgan fingerprint density at radius 3 is 2.27 bits per heavy atom. The fourth-order valence-corrected chi connectivity index (χ4v) is 4.62. The van der Waals surface area contributed by atoms with E-state index in [1.54, 1.807) is 14.2 Å². The summed E-state index contributed by atoms with van der Waals surface area (Å²) >= 11 is 1.54. The quantitative estimate of drug-likeness (QED) is 0.259. The molecule has 2 aromatic carbocycles. The number of thiazole rings is 1. The molecule has 2 aromatic heterocycles. The van der Waals surface area contributed by atoms with Crippen LogP contribution in [0.25, 0.3) is 11.4 Å². The fourth-order valence-electron chi connectivity index (χ4n) is 3.92. The van der Waals surface area contributed by atoms with Gasteiger partial charge in [0.05, 0.1) is 31.2 Å². The first kappa shape index (κ1) is 26.3. The van der Waals surface area contributed by atoms with Gasteiger partial charge in [0.15, 0.2) is 0 Å². The van der Waals surface area contributed by atoms with Crippen LogP contribution in [0.4, 0.5) is 0 Å². The molecule has 0 saturated heterocycles. The van der Waals surface area contributed by atoms with Gasteiger partial charge in [-0.3, -0.25) is 4.79 Å². The van der Waals surface area contributed by atoms with Crippen molar-refractivity contribution < 1.29 is 19.0 Å². The van der Waals surface area contributed by atoms with Gasteiger partial charge in [-0.2, -0.15) is 0 Å². The van der Waals surface area contributed by atoms with Gasteiger partial charge in [-0.15, -0.1) is 11.3 Å². The van der Waals surface area contributed by atoms with E-state index in [0.717, 1.165) is 51.3 Å². The average Bonchev–Trinajstić information content (AvgIpc) is 3.52. The SMILES string of the molecule is CCC(C)NC(=O)c1cc(-c2csc(COc3ccc(OC)cc3)n2)n(Cc2ccc(OC)cc2)c1C. The maximum atomic E-state index is 13.1. The Kier molecular flexibility index (Phi) is 8.50. The lowest BCUT2D eigenvalue weighted by molar-refractivity contribution is 0.0938. The molecule has 1 unspecified atom stereocenters. The van der Waals surface area contributed by atoms with Crippen LogP contribution in [-0.2, 0) is 13.2 Å². The molecule has 0 saturated carbocycles. The third-order valence-corrected chi connectivity index (χ3v) is 7.16. The topological polar surface area (TPSA) is 74.6 Å². The Bertz CT molecular complexity index is 1330. The normalized spacial score (nSPS) is 11.7. The molecule has 37 heavy (non-hydrogen) atoms. The van der Waals surface area contributed by atoms with Crippen molar-refractivity contribution in [1.82, 2.24) is 14.9 Å². The number of benzene rings is 2. The van der Waals surface area contributed by atoms with Gasteiger partial charge in [0.1, 0.15) is 28.9 Å². The van der Waals surface area contributed by atoms with Crippen molar-refractivity contribution in [3.8, 4) is 28.6 Å². The third kappa shape index (κ3) is 6.32. The van der Waals surface area contributed by atoms with Crippen molar-refractivity contribution in [3.05, 3.63) is 81.8 Å². The van der Waals surface area contributed by atoms with Gasteiger partial charge in [-0.25, -0.2) is 4.98 Å². The molecule has 0 aliphatic heterocycles. The van der Waals surface area contributed by atoms with E-state index in [9.17, 15) is 4.79 Å². The first-order valence-corrected chi connectivity index (χ1v) is 13.1.